The predicted octanol–water partition coefficient (Wildman–Crippen LogP) is 3.45. The number of carbonyl (C=O) groups is 1. The Kier molecular flexibility index (Phi) is 3.92. The number of fused-ring (bicyclic) bond motifs is 2. The number of benzene rings is 2. The first kappa shape index (κ1) is 18.0. The largest absolute Gasteiger partial charge is 0.311 e. The number of amides is 1. The van der Waals surface area contributed by atoms with Crippen molar-refractivity contribution in [1.29, 1.82) is 0 Å². The number of nitro benzene ring substituents is 1. The maximum absolute atomic E-state index is 12.6. The molecule has 1 unspecified atom stereocenters. The average molecular weight is 402 g/mol. The van der Waals surface area contributed by atoms with E-state index < -0.39 is 10.8 Å². The highest BCUT2D eigenvalue weighted by atomic mass is 16.6. The Labute approximate surface area is 171 Å². The van der Waals surface area contributed by atoms with E-state index in [0.717, 1.165) is 16.6 Å². The fourth-order valence-corrected chi connectivity index (χ4v) is 4.23. The zero-order valence-electron chi connectivity index (χ0n) is 16.4. The van der Waals surface area contributed by atoms with E-state index in [1.54, 1.807) is 22.9 Å². The molecule has 1 amide bonds. The number of rotatable bonds is 3. The van der Waals surface area contributed by atoms with Crippen molar-refractivity contribution < 1.29 is 9.72 Å². The number of hydrogen-bond donors (Lipinski definition) is 1. The minimum atomic E-state index is -0.459. The highest BCUT2D eigenvalue weighted by Crippen LogP contribution is 2.42. The third-order valence-corrected chi connectivity index (χ3v) is 5.56. The summed E-state index contributed by atoms with van der Waals surface area (Å²) in [4.78, 5) is 28.4. The van der Waals surface area contributed by atoms with E-state index in [-0.39, 0.29) is 18.0 Å². The highest BCUT2D eigenvalue weighted by Gasteiger charge is 2.36. The first-order chi connectivity index (χ1) is 14.5. The lowest BCUT2D eigenvalue weighted by Gasteiger charge is -2.24. The third kappa shape index (κ3) is 2.59. The molecule has 150 valence electrons. The lowest BCUT2D eigenvalue weighted by atomic mass is 9.85. The number of nitro groups is 1. The second-order valence-corrected chi connectivity index (χ2v) is 7.34. The van der Waals surface area contributed by atoms with Gasteiger partial charge in [-0.15, -0.1) is 0 Å². The number of para-hydroxylation sites is 3. The summed E-state index contributed by atoms with van der Waals surface area (Å²) in [5.74, 6) is 0.388. The Bertz CT molecular complexity index is 1340. The fraction of sp³-hybridized carbons (Fsp3) is 0.190. The van der Waals surface area contributed by atoms with Crippen molar-refractivity contribution in [1.82, 2.24) is 19.3 Å². The molecule has 0 spiro atoms. The van der Waals surface area contributed by atoms with E-state index in [0.29, 0.717) is 23.0 Å². The molecule has 9 heteroatoms. The Hall–Kier alpha value is -4.01. The van der Waals surface area contributed by atoms with Gasteiger partial charge in [0.05, 0.1) is 21.7 Å². The van der Waals surface area contributed by atoms with Crippen LogP contribution in [0, 0.1) is 17.0 Å². The van der Waals surface area contributed by atoms with Crippen molar-refractivity contribution in [3.05, 3.63) is 75.5 Å². The van der Waals surface area contributed by atoms with Crippen molar-refractivity contribution in [2.45, 2.75) is 19.3 Å². The molecule has 0 fully saturated rings. The third-order valence-electron chi connectivity index (χ3n) is 5.56. The van der Waals surface area contributed by atoms with Gasteiger partial charge in [-0.3, -0.25) is 14.9 Å². The van der Waals surface area contributed by atoms with Crippen LogP contribution in [0.5, 0.6) is 0 Å². The van der Waals surface area contributed by atoms with E-state index in [4.69, 9.17) is 0 Å². The van der Waals surface area contributed by atoms with Crippen LogP contribution in [0.4, 0.5) is 11.5 Å². The summed E-state index contributed by atoms with van der Waals surface area (Å²) in [7, 11) is 1.89. The minimum Gasteiger partial charge on any atom is -0.311 e. The number of aromatic nitrogens is 4. The minimum absolute atomic E-state index is 0.00182. The van der Waals surface area contributed by atoms with Crippen LogP contribution in [-0.2, 0) is 11.8 Å². The van der Waals surface area contributed by atoms with E-state index >= 15 is 0 Å². The molecule has 1 atom stereocenters. The van der Waals surface area contributed by atoms with Crippen LogP contribution in [0.1, 0.15) is 29.2 Å². The Balaban J connectivity index is 1.73. The van der Waals surface area contributed by atoms with Gasteiger partial charge in [0.1, 0.15) is 5.82 Å². The maximum atomic E-state index is 12.6. The molecule has 5 rings (SSSR count). The molecule has 1 aliphatic rings. The lowest BCUT2D eigenvalue weighted by molar-refractivity contribution is -0.385. The SMILES string of the molecule is Cc1nn(-c2nc3ccccc3n2C)c2c1C(c1ccccc1[N+](=O)[O-])CC(=O)N2. The number of carbonyl (C=O) groups excluding carboxylic acids is 1. The Morgan fingerprint density at radius 2 is 1.90 bits per heavy atom. The molecule has 0 radical (unpaired) electrons. The molecule has 1 N–H and O–H groups in total. The Morgan fingerprint density at radius 3 is 2.67 bits per heavy atom. The quantitative estimate of drug-likeness (QED) is 0.417. The van der Waals surface area contributed by atoms with E-state index in [9.17, 15) is 14.9 Å². The summed E-state index contributed by atoms with van der Waals surface area (Å²) >= 11 is 0. The molecular weight excluding hydrogens is 384 g/mol. The van der Waals surface area contributed by atoms with E-state index in [1.807, 2.05) is 42.8 Å². The van der Waals surface area contributed by atoms with Crippen molar-refractivity contribution >= 4 is 28.4 Å². The zero-order chi connectivity index (χ0) is 21.0. The number of anilines is 1. The molecule has 1 aliphatic heterocycles. The molecule has 2 aromatic heterocycles. The molecule has 3 heterocycles. The smallest absolute Gasteiger partial charge is 0.273 e. The first-order valence-corrected chi connectivity index (χ1v) is 9.50. The van der Waals surface area contributed by atoms with Crippen LogP contribution in [0.2, 0.25) is 0 Å². The summed E-state index contributed by atoms with van der Waals surface area (Å²) in [6.07, 6.45) is 0.118. The fourth-order valence-electron chi connectivity index (χ4n) is 4.23. The van der Waals surface area contributed by atoms with Crippen LogP contribution < -0.4 is 5.32 Å². The van der Waals surface area contributed by atoms with Crippen LogP contribution in [0.15, 0.2) is 48.5 Å². The molecule has 30 heavy (non-hydrogen) atoms. The summed E-state index contributed by atoms with van der Waals surface area (Å²) in [5, 5.41) is 19.1. The van der Waals surface area contributed by atoms with Gasteiger partial charge in [0, 0.05) is 36.6 Å². The predicted molar refractivity (Wildman–Crippen MR) is 111 cm³/mol. The summed E-state index contributed by atoms with van der Waals surface area (Å²) in [6, 6.07) is 14.3. The normalized spacial score (nSPS) is 15.8. The van der Waals surface area contributed by atoms with Gasteiger partial charge >= 0.3 is 0 Å². The van der Waals surface area contributed by atoms with Crippen molar-refractivity contribution in [2.75, 3.05) is 5.32 Å². The maximum Gasteiger partial charge on any atom is 0.273 e. The summed E-state index contributed by atoms with van der Waals surface area (Å²) in [6.45, 7) is 1.84. The molecule has 0 aliphatic carbocycles. The number of aryl methyl sites for hydroxylation is 2. The van der Waals surface area contributed by atoms with E-state index in [1.165, 1.54) is 6.07 Å². The lowest BCUT2D eigenvalue weighted by Crippen LogP contribution is -2.25. The van der Waals surface area contributed by atoms with Crippen LogP contribution in [-0.4, -0.2) is 30.2 Å². The Morgan fingerprint density at radius 1 is 1.17 bits per heavy atom. The van der Waals surface area contributed by atoms with Gasteiger partial charge in [0.15, 0.2) is 0 Å². The molecule has 0 saturated carbocycles. The van der Waals surface area contributed by atoms with E-state index in [2.05, 4.69) is 15.4 Å². The average Bonchev–Trinajstić information content (AvgIpc) is 3.24. The topological polar surface area (TPSA) is 108 Å². The van der Waals surface area contributed by atoms with Crippen molar-refractivity contribution in [3.8, 4) is 5.95 Å². The van der Waals surface area contributed by atoms with Crippen molar-refractivity contribution in [2.24, 2.45) is 7.05 Å². The molecule has 0 saturated heterocycles. The standard InChI is InChI=1S/C21H18N6O3/c1-12-19-14(13-7-3-5-9-16(13)27(29)30)11-18(28)23-20(19)26(24-12)21-22-15-8-4-6-10-17(15)25(21)2/h3-10,14H,11H2,1-2H3,(H,23,28). The van der Waals surface area contributed by atoms with Gasteiger partial charge < -0.3 is 9.88 Å². The summed E-state index contributed by atoms with van der Waals surface area (Å²) < 4.78 is 3.52. The van der Waals surface area contributed by atoms with Crippen molar-refractivity contribution in [3.63, 3.8) is 0 Å². The van der Waals surface area contributed by atoms with Gasteiger partial charge in [0.2, 0.25) is 11.9 Å². The van der Waals surface area contributed by atoms with Crippen LogP contribution in [0.25, 0.3) is 17.0 Å². The van der Waals surface area contributed by atoms with Gasteiger partial charge in [-0.25, -0.2) is 4.98 Å². The van der Waals surface area contributed by atoms with Gasteiger partial charge in [-0.2, -0.15) is 9.78 Å². The number of imidazole rings is 1. The molecular formula is C21H18N6O3. The first-order valence-electron chi connectivity index (χ1n) is 9.50. The number of hydrogen-bond acceptors (Lipinski definition) is 5. The molecule has 0 bridgehead atoms. The summed E-state index contributed by atoms with van der Waals surface area (Å²) in [5.41, 5.74) is 3.72. The number of nitrogens with zero attached hydrogens (tertiary/aromatic N) is 5. The van der Waals surface area contributed by atoms with Gasteiger partial charge in [0.25, 0.3) is 5.69 Å². The molecule has 9 nitrogen and oxygen atoms in total. The second-order valence-electron chi connectivity index (χ2n) is 7.34. The zero-order valence-corrected chi connectivity index (χ0v) is 16.4. The number of nitrogens with one attached hydrogen (secondary N) is 1. The van der Waals surface area contributed by atoms with Crippen LogP contribution in [0.3, 0.4) is 0 Å². The highest BCUT2D eigenvalue weighted by molar-refractivity contribution is 5.95. The molecule has 4 aromatic rings. The second kappa shape index (κ2) is 6.51. The van der Waals surface area contributed by atoms with Crippen LogP contribution >= 0.6 is 0 Å². The molecule has 2 aromatic carbocycles. The van der Waals surface area contributed by atoms with Gasteiger partial charge in [-0.05, 0) is 19.1 Å². The monoisotopic (exact) mass is 402 g/mol. The van der Waals surface area contributed by atoms with Gasteiger partial charge in [-0.1, -0.05) is 30.3 Å².